The molecule has 5 nitrogen and oxygen atoms in total. The number of alkyl halides is 3. The summed E-state index contributed by atoms with van der Waals surface area (Å²) in [7, 11) is 0. The van der Waals surface area contributed by atoms with E-state index >= 15 is 0 Å². The van der Waals surface area contributed by atoms with Crippen LogP contribution >= 0.6 is 11.3 Å². The highest BCUT2D eigenvalue weighted by Crippen LogP contribution is 2.23. The molecule has 2 heterocycles. The molecule has 2 aromatic rings. The van der Waals surface area contributed by atoms with Crippen LogP contribution in [-0.2, 0) is 4.74 Å². The lowest BCUT2D eigenvalue weighted by Crippen LogP contribution is -2.23. The van der Waals surface area contributed by atoms with Gasteiger partial charge in [0.25, 0.3) is 0 Å². The van der Waals surface area contributed by atoms with Gasteiger partial charge in [0.2, 0.25) is 0 Å². The van der Waals surface area contributed by atoms with Gasteiger partial charge in [-0.2, -0.15) is 13.2 Å². The molecule has 0 atom stereocenters. The molecule has 2 N–H and O–H groups in total. The van der Waals surface area contributed by atoms with Crippen LogP contribution in [0.2, 0.25) is 0 Å². The first kappa shape index (κ1) is 13.4. The van der Waals surface area contributed by atoms with Gasteiger partial charge >= 0.3 is 12.3 Å². The molecule has 0 aliphatic heterocycles. The van der Waals surface area contributed by atoms with Crippen molar-refractivity contribution >= 4 is 22.6 Å². The van der Waals surface area contributed by atoms with Crippen LogP contribution < -0.4 is 5.32 Å². The van der Waals surface area contributed by atoms with Crippen LogP contribution in [0.3, 0.4) is 0 Å². The number of nitrogens with one attached hydrogen (secondary N) is 2. The second kappa shape index (κ2) is 5.31. The van der Waals surface area contributed by atoms with Gasteiger partial charge < -0.3 is 9.72 Å². The summed E-state index contributed by atoms with van der Waals surface area (Å²) in [4.78, 5) is 18.0. The molecular formula is C10H8F3N3O2S. The van der Waals surface area contributed by atoms with E-state index in [-0.39, 0.29) is 5.13 Å². The Balaban J connectivity index is 1.91. The van der Waals surface area contributed by atoms with Crippen molar-refractivity contribution in [2.45, 2.75) is 6.18 Å². The van der Waals surface area contributed by atoms with Crippen molar-refractivity contribution in [3.8, 4) is 11.4 Å². The van der Waals surface area contributed by atoms with Crippen molar-refractivity contribution in [2.24, 2.45) is 0 Å². The van der Waals surface area contributed by atoms with Crippen molar-refractivity contribution in [1.29, 1.82) is 0 Å². The number of carbonyl (C=O) groups excluding carboxylic acids is 1. The van der Waals surface area contributed by atoms with E-state index in [9.17, 15) is 18.0 Å². The zero-order valence-corrected chi connectivity index (χ0v) is 10.1. The lowest BCUT2D eigenvalue weighted by Gasteiger charge is -2.07. The highest BCUT2D eigenvalue weighted by molar-refractivity contribution is 7.14. The van der Waals surface area contributed by atoms with E-state index in [0.717, 1.165) is 17.0 Å². The highest BCUT2D eigenvalue weighted by atomic mass is 32.1. The molecule has 0 fully saturated rings. The largest absolute Gasteiger partial charge is 0.440 e. The van der Waals surface area contributed by atoms with Gasteiger partial charge in [0.05, 0.1) is 11.4 Å². The highest BCUT2D eigenvalue weighted by Gasteiger charge is 2.29. The Morgan fingerprint density at radius 2 is 2.32 bits per heavy atom. The summed E-state index contributed by atoms with van der Waals surface area (Å²) in [5.41, 5.74) is 1.33. The van der Waals surface area contributed by atoms with E-state index in [0.29, 0.717) is 5.69 Å². The molecule has 0 spiro atoms. The number of ether oxygens (including phenoxy) is 1. The topological polar surface area (TPSA) is 67.0 Å². The van der Waals surface area contributed by atoms with Crippen LogP contribution in [0.1, 0.15) is 0 Å². The summed E-state index contributed by atoms with van der Waals surface area (Å²) in [6.45, 7) is -1.63. The fraction of sp³-hybridized carbons (Fsp3) is 0.200. The van der Waals surface area contributed by atoms with Crippen LogP contribution in [0.4, 0.5) is 23.1 Å². The molecule has 0 aliphatic rings. The first-order chi connectivity index (χ1) is 8.94. The lowest BCUT2D eigenvalue weighted by molar-refractivity contribution is -0.159. The van der Waals surface area contributed by atoms with Gasteiger partial charge in [-0.05, 0) is 12.1 Å². The maximum absolute atomic E-state index is 11.8. The molecule has 0 aliphatic carbocycles. The Kier molecular flexibility index (Phi) is 3.74. The molecule has 0 unspecified atom stereocenters. The Bertz CT molecular complexity index is 551. The number of hydrogen-bond acceptors (Lipinski definition) is 4. The molecular weight excluding hydrogens is 283 g/mol. The Labute approximate surface area is 109 Å². The second-order valence-corrected chi connectivity index (χ2v) is 4.30. The minimum absolute atomic E-state index is 0.164. The maximum Gasteiger partial charge on any atom is 0.422 e. The monoisotopic (exact) mass is 291 g/mol. The number of amides is 1. The van der Waals surface area contributed by atoms with E-state index in [4.69, 9.17) is 0 Å². The van der Waals surface area contributed by atoms with Gasteiger partial charge in [-0.3, -0.25) is 5.32 Å². The van der Waals surface area contributed by atoms with Crippen molar-refractivity contribution in [1.82, 2.24) is 9.97 Å². The van der Waals surface area contributed by atoms with Crippen LogP contribution in [0.25, 0.3) is 11.4 Å². The number of thiazole rings is 1. The summed E-state index contributed by atoms with van der Waals surface area (Å²) in [6.07, 6.45) is -4.03. The molecule has 0 radical (unpaired) electrons. The summed E-state index contributed by atoms with van der Waals surface area (Å²) < 4.78 is 39.5. The number of aromatic amines is 1. The fourth-order valence-electron chi connectivity index (χ4n) is 1.22. The number of anilines is 1. The molecule has 2 rings (SSSR count). The predicted octanol–water partition coefficient (Wildman–Crippen LogP) is 3.25. The summed E-state index contributed by atoms with van der Waals surface area (Å²) in [6, 6.07) is 3.56. The maximum atomic E-state index is 11.8. The predicted molar refractivity (Wildman–Crippen MR) is 62.9 cm³/mol. The number of rotatable bonds is 3. The fourth-order valence-corrected chi connectivity index (χ4v) is 1.91. The van der Waals surface area contributed by atoms with Crippen LogP contribution in [0.15, 0.2) is 23.7 Å². The zero-order valence-electron chi connectivity index (χ0n) is 9.32. The number of H-pyrrole nitrogens is 1. The lowest BCUT2D eigenvalue weighted by atomic mass is 10.3. The number of halogens is 3. The van der Waals surface area contributed by atoms with Gasteiger partial charge in [0.15, 0.2) is 11.7 Å². The molecule has 0 saturated carbocycles. The molecule has 9 heteroatoms. The van der Waals surface area contributed by atoms with E-state index in [1.54, 1.807) is 23.7 Å². The van der Waals surface area contributed by atoms with Crippen molar-refractivity contribution in [3.05, 3.63) is 23.7 Å². The number of carbonyl (C=O) groups is 1. The van der Waals surface area contributed by atoms with E-state index in [2.05, 4.69) is 20.0 Å². The van der Waals surface area contributed by atoms with Gasteiger partial charge in [0.1, 0.15) is 0 Å². The molecule has 19 heavy (non-hydrogen) atoms. The van der Waals surface area contributed by atoms with Gasteiger partial charge in [-0.15, -0.1) is 11.3 Å². The average Bonchev–Trinajstić information content (AvgIpc) is 2.94. The molecule has 0 aromatic carbocycles. The summed E-state index contributed by atoms with van der Waals surface area (Å²) in [5.74, 6) is 0. The average molecular weight is 291 g/mol. The zero-order chi connectivity index (χ0) is 13.9. The van der Waals surface area contributed by atoms with Gasteiger partial charge in [-0.25, -0.2) is 9.78 Å². The van der Waals surface area contributed by atoms with E-state index in [1.165, 1.54) is 0 Å². The molecule has 2 aromatic heterocycles. The van der Waals surface area contributed by atoms with Gasteiger partial charge in [0, 0.05) is 11.6 Å². The van der Waals surface area contributed by atoms with Crippen molar-refractivity contribution in [3.63, 3.8) is 0 Å². The van der Waals surface area contributed by atoms with E-state index in [1.807, 2.05) is 0 Å². The first-order valence-corrected chi connectivity index (χ1v) is 5.92. The summed E-state index contributed by atoms with van der Waals surface area (Å²) >= 11 is 1.09. The second-order valence-electron chi connectivity index (χ2n) is 3.44. The van der Waals surface area contributed by atoms with Crippen molar-refractivity contribution in [2.75, 3.05) is 11.9 Å². The minimum Gasteiger partial charge on any atom is -0.440 e. The third-order valence-corrected chi connectivity index (χ3v) is 2.71. The Morgan fingerprint density at radius 1 is 1.53 bits per heavy atom. The Hall–Kier alpha value is -2.03. The van der Waals surface area contributed by atoms with Crippen LogP contribution in [-0.4, -0.2) is 28.8 Å². The SMILES string of the molecule is O=C(Nc1nc(-c2ccc[nH]2)cs1)OCC(F)(F)F. The third kappa shape index (κ3) is 3.98. The van der Waals surface area contributed by atoms with Crippen LogP contribution in [0.5, 0.6) is 0 Å². The molecule has 1 amide bonds. The quantitative estimate of drug-likeness (QED) is 0.912. The number of nitrogens with zero attached hydrogens (tertiary/aromatic N) is 1. The van der Waals surface area contributed by atoms with Gasteiger partial charge in [-0.1, -0.05) is 0 Å². The number of hydrogen-bond donors (Lipinski definition) is 2. The number of aromatic nitrogens is 2. The molecule has 102 valence electrons. The molecule has 0 bridgehead atoms. The van der Waals surface area contributed by atoms with Crippen LogP contribution in [0, 0.1) is 0 Å². The van der Waals surface area contributed by atoms with Crippen molar-refractivity contribution < 1.29 is 22.7 Å². The Morgan fingerprint density at radius 3 is 2.95 bits per heavy atom. The normalized spacial score (nSPS) is 11.3. The minimum atomic E-state index is -4.55. The third-order valence-electron chi connectivity index (χ3n) is 1.95. The first-order valence-electron chi connectivity index (χ1n) is 5.04. The molecule has 0 saturated heterocycles. The summed E-state index contributed by atoms with van der Waals surface area (Å²) in [5, 5.41) is 3.95. The standard InChI is InChI=1S/C10H8F3N3O2S/c11-10(12,13)5-18-9(17)16-8-15-7(4-19-8)6-2-1-3-14-6/h1-4,14H,5H2,(H,15,16,17). The smallest absolute Gasteiger partial charge is 0.422 e. The van der Waals surface area contributed by atoms with E-state index < -0.39 is 18.9 Å².